The van der Waals surface area contributed by atoms with Crippen molar-refractivity contribution in [2.45, 2.75) is 46.3 Å². The Labute approximate surface area is 128 Å². The molecule has 0 bridgehead atoms. The number of rotatable bonds is 4. The quantitative estimate of drug-likeness (QED) is 0.880. The number of nitrogens with one attached hydrogen (secondary N) is 1. The summed E-state index contributed by atoms with van der Waals surface area (Å²) in [5.74, 6) is 1.36. The summed E-state index contributed by atoms with van der Waals surface area (Å²) in [5, 5.41) is 8.23. The van der Waals surface area contributed by atoms with E-state index in [-0.39, 0.29) is 11.5 Å². The van der Waals surface area contributed by atoms with Crippen molar-refractivity contribution in [3.63, 3.8) is 0 Å². The summed E-state index contributed by atoms with van der Waals surface area (Å²) >= 11 is 6.19. The molecule has 2 atom stereocenters. The van der Waals surface area contributed by atoms with Crippen molar-refractivity contribution in [2.24, 2.45) is 5.41 Å². The molecule has 1 saturated carbocycles. The molecule has 0 aliphatic heterocycles. The van der Waals surface area contributed by atoms with Crippen molar-refractivity contribution in [2.75, 3.05) is 11.9 Å². The van der Waals surface area contributed by atoms with Crippen LogP contribution in [0, 0.1) is 12.3 Å². The van der Waals surface area contributed by atoms with Gasteiger partial charge < -0.3 is 10.1 Å². The predicted molar refractivity (Wildman–Crippen MR) is 81.8 cm³/mol. The molecule has 0 saturated heterocycles. The molecule has 0 aromatic carbocycles. The molecule has 1 fully saturated rings. The summed E-state index contributed by atoms with van der Waals surface area (Å²) < 4.78 is 7.47. The SMILES string of the molecule is CCOC1CC(Nc2c(C)c(Cl)nc3ncnn23)C1(C)C. The Balaban J connectivity index is 1.89. The monoisotopic (exact) mass is 309 g/mol. The van der Waals surface area contributed by atoms with Crippen molar-refractivity contribution in [1.82, 2.24) is 19.6 Å². The van der Waals surface area contributed by atoms with E-state index >= 15 is 0 Å². The van der Waals surface area contributed by atoms with Crippen molar-refractivity contribution < 1.29 is 4.74 Å². The third kappa shape index (κ3) is 2.26. The number of hydrogen-bond donors (Lipinski definition) is 1. The zero-order chi connectivity index (χ0) is 15.2. The molecule has 1 aliphatic rings. The van der Waals surface area contributed by atoms with Gasteiger partial charge in [-0.05, 0) is 20.3 Å². The highest BCUT2D eigenvalue weighted by molar-refractivity contribution is 6.30. The van der Waals surface area contributed by atoms with E-state index in [2.05, 4.69) is 34.2 Å². The highest BCUT2D eigenvalue weighted by Crippen LogP contribution is 2.44. The van der Waals surface area contributed by atoms with Crippen LogP contribution in [0.5, 0.6) is 0 Å². The van der Waals surface area contributed by atoms with E-state index in [0.717, 1.165) is 24.4 Å². The first-order chi connectivity index (χ1) is 9.95. The summed E-state index contributed by atoms with van der Waals surface area (Å²) in [7, 11) is 0. The number of aromatic nitrogens is 4. The second-order valence-corrected chi connectivity index (χ2v) is 6.40. The van der Waals surface area contributed by atoms with Gasteiger partial charge >= 0.3 is 0 Å². The van der Waals surface area contributed by atoms with E-state index in [9.17, 15) is 0 Å². The largest absolute Gasteiger partial charge is 0.378 e. The zero-order valence-corrected chi connectivity index (χ0v) is 13.5. The van der Waals surface area contributed by atoms with Gasteiger partial charge in [-0.15, -0.1) is 0 Å². The lowest BCUT2D eigenvalue weighted by Gasteiger charge is -2.52. The summed E-state index contributed by atoms with van der Waals surface area (Å²) in [6.45, 7) is 9.14. The molecular weight excluding hydrogens is 290 g/mol. The molecule has 1 aliphatic carbocycles. The van der Waals surface area contributed by atoms with E-state index in [4.69, 9.17) is 16.3 Å². The third-order valence-electron chi connectivity index (χ3n) is 4.46. The molecule has 21 heavy (non-hydrogen) atoms. The smallest absolute Gasteiger partial charge is 0.255 e. The lowest BCUT2D eigenvalue weighted by Crippen LogP contribution is -2.58. The fraction of sp³-hybridized carbons (Fsp3) is 0.643. The van der Waals surface area contributed by atoms with Gasteiger partial charge in [-0.1, -0.05) is 25.4 Å². The van der Waals surface area contributed by atoms with Crippen LogP contribution in [0.2, 0.25) is 5.15 Å². The molecule has 0 spiro atoms. The van der Waals surface area contributed by atoms with Gasteiger partial charge in [0, 0.05) is 23.6 Å². The molecule has 0 amide bonds. The van der Waals surface area contributed by atoms with Crippen LogP contribution in [0.3, 0.4) is 0 Å². The zero-order valence-electron chi connectivity index (χ0n) is 12.7. The summed E-state index contributed by atoms with van der Waals surface area (Å²) in [5.41, 5.74) is 0.941. The molecular formula is C14H20ClN5O. The topological polar surface area (TPSA) is 64.3 Å². The number of nitrogens with zero attached hydrogens (tertiary/aromatic N) is 4. The van der Waals surface area contributed by atoms with E-state index in [0.29, 0.717) is 17.0 Å². The van der Waals surface area contributed by atoms with Gasteiger partial charge in [0.25, 0.3) is 5.78 Å². The Kier molecular flexibility index (Phi) is 3.53. The number of fused-ring (bicyclic) bond motifs is 1. The molecule has 2 heterocycles. The van der Waals surface area contributed by atoms with Crippen molar-refractivity contribution in [3.05, 3.63) is 17.0 Å². The average molecular weight is 310 g/mol. The van der Waals surface area contributed by atoms with Crippen LogP contribution >= 0.6 is 11.6 Å². The lowest BCUT2D eigenvalue weighted by molar-refractivity contribution is -0.0977. The minimum Gasteiger partial charge on any atom is -0.378 e. The van der Waals surface area contributed by atoms with Gasteiger partial charge in [0.2, 0.25) is 0 Å². The van der Waals surface area contributed by atoms with E-state index in [1.165, 1.54) is 6.33 Å². The second kappa shape index (κ2) is 5.10. The predicted octanol–water partition coefficient (Wildman–Crippen LogP) is 2.70. The Morgan fingerprint density at radius 2 is 2.29 bits per heavy atom. The minimum atomic E-state index is 0.0606. The summed E-state index contributed by atoms with van der Waals surface area (Å²) in [4.78, 5) is 8.32. The molecule has 3 rings (SSSR count). The van der Waals surface area contributed by atoms with Crippen LogP contribution in [0.25, 0.3) is 5.78 Å². The number of anilines is 1. The maximum atomic E-state index is 6.19. The van der Waals surface area contributed by atoms with Crippen molar-refractivity contribution >= 4 is 23.2 Å². The first kappa shape index (κ1) is 14.5. The van der Waals surface area contributed by atoms with Crippen LogP contribution in [0.1, 0.15) is 32.8 Å². The van der Waals surface area contributed by atoms with Gasteiger partial charge in [0.05, 0.1) is 6.10 Å². The Morgan fingerprint density at radius 1 is 1.52 bits per heavy atom. The van der Waals surface area contributed by atoms with Crippen LogP contribution < -0.4 is 5.32 Å². The molecule has 2 aromatic heterocycles. The van der Waals surface area contributed by atoms with Gasteiger partial charge in [0.15, 0.2) is 0 Å². The van der Waals surface area contributed by atoms with Crippen LogP contribution in [-0.2, 0) is 4.74 Å². The molecule has 7 heteroatoms. The minimum absolute atomic E-state index is 0.0606. The fourth-order valence-corrected chi connectivity index (χ4v) is 3.01. The van der Waals surface area contributed by atoms with Gasteiger partial charge in [-0.2, -0.15) is 19.6 Å². The molecule has 1 N–H and O–H groups in total. The van der Waals surface area contributed by atoms with Crippen molar-refractivity contribution in [3.8, 4) is 0 Å². The second-order valence-electron chi connectivity index (χ2n) is 6.05. The molecule has 114 valence electrons. The van der Waals surface area contributed by atoms with Crippen LogP contribution in [0.4, 0.5) is 5.82 Å². The highest BCUT2D eigenvalue weighted by Gasteiger charge is 2.49. The molecule has 6 nitrogen and oxygen atoms in total. The Morgan fingerprint density at radius 3 is 2.95 bits per heavy atom. The Bertz CT molecular complexity index is 669. The highest BCUT2D eigenvalue weighted by atomic mass is 35.5. The first-order valence-corrected chi connectivity index (χ1v) is 7.57. The van der Waals surface area contributed by atoms with E-state index in [1.54, 1.807) is 4.52 Å². The average Bonchev–Trinajstić information content (AvgIpc) is 2.89. The maximum Gasteiger partial charge on any atom is 0.255 e. The van der Waals surface area contributed by atoms with E-state index < -0.39 is 0 Å². The van der Waals surface area contributed by atoms with Crippen LogP contribution in [-0.4, -0.2) is 38.3 Å². The fourth-order valence-electron chi connectivity index (χ4n) is 2.85. The number of ether oxygens (including phenoxy) is 1. The van der Waals surface area contributed by atoms with Gasteiger partial charge in [-0.3, -0.25) is 0 Å². The van der Waals surface area contributed by atoms with Crippen LogP contribution in [0.15, 0.2) is 6.33 Å². The standard InChI is InChI=1S/C14H20ClN5O/c1-5-21-10-6-9(14(10,3)4)18-12-8(2)11(15)19-13-16-7-17-20(12)13/h7,9-10,18H,5-6H2,1-4H3. The van der Waals surface area contributed by atoms with Crippen molar-refractivity contribution in [1.29, 1.82) is 0 Å². The first-order valence-electron chi connectivity index (χ1n) is 7.19. The third-order valence-corrected chi connectivity index (χ3v) is 4.83. The number of hydrogen-bond acceptors (Lipinski definition) is 5. The van der Waals surface area contributed by atoms with Gasteiger partial charge in [0.1, 0.15) is 17.3 Å². The molecule has 2 aromatic rings. The number of halogens is 1. The normalized spacial score (nSPS) is 24.0. The maximum absolute atomic E-state index is 6.19. The summed E-state index contributed by atoms with van der Waals surface area (Å²) in [6.07, 6.45) is 2.73. The molecule has 2 unspecified atom stereocenters. The summed E-state index contributed by atoms with van der Waals surface area (Å²) in [6, 6.07) is 0.304. The van der Waals surface area contributed by atoms with E-state index in [1.807, 2.05) is 13.8 Å². The van der Waals surface area contributed by atoms with Gasteiger partial charge in [-0.25, -0.2) is 0 Å². The Hall–Kier alpha value is -1.40. The lowest BCUT2D eigenvalue weighted by atomic mass is 9.64. The molecule has 0 radical (unpaired) electrons.